The zero-order valence-electron chi connectivity index (χ0n) is 10.7. The van der Waals surface area contributed by atoms with Crippen molar-refractivity contribution in [2.75, 3.05) is 20.2 Å². The first kappa shape index (κ1) is 13.5. The molecule has 1 fully saturated rings. The summed E-state index contributed by atoms with van der Waals surface area (Å²) in [7, 11) is 1.72. The molecule has 0 amide bonds. The number of likely N-dealkylation sites (tertiary alicyclic amines) is 1. The van der Waals surface area contributed by atoms with E-state index in [1.54, 1.807) is 7.11 Å². The summed E-state index contributed by atoms with van der Waals surface area (Å²) in [6.07, 6.45) is 1.70. The van der Waals surface area contributed by atoms with Crippen LogP contribution in [-0.4, -0.2) is 47.8 Å². The molecule has 2 unspecified atom stereocenters. The summed E-state index contributed by atoms with van der Waals surface area (Å²) in [6.45, 7) is 7.84. The van der Waals surface area contributed by atoms with Gasteiger partial charge in [0.1, 0.15) is 0 Å². The Morgan fingerprint density at radius 1 is 1.62 bits per heavy atom. The van der Waals surface area contributed by atoms with Gasteiger partial charge in [-0.3, -0.25) is 9.69 Å². The Kier molecular flexibility index (Phi) is 4.33. The fourth-order valence-electron chi connectivity index (χ4n) is 2.31. The molecule has 94 valence electrons. The number of carboxylic acids is 1. The molecule has 2 atom stereocenters. The lowest BCUT2D eigenvalue weighted by Gasteiger charge is -2.31. The van der Waals surface area contributed by atoms with Crippen LogP contribution in [-0.2, 0) is 9.53 Å². The van der Waals surface area contributed by atoms with Crippen molar-refractivity contribution >= 4 is 5.97 Å². The van der Waals surface area contributed by atoms with Gasteiger partial charge in [-0.05, 0) is 40.2 Å². The normalized spacial score (nSPS) is 24.6. The van der Waals surface area contributed by atoms with Crippen LogP contribution in [0.3, 0.4) is 0 Å². The van der Waals surface area contributed by atoms with E-state index < -0.39 is 5.97 Å². The molecule has 1 aliphatic heterocycles. The summed E-state index contributed by atoms with van der Waals surface area (Å²) in [5, 5.41) is 8.94. The Balaban J connectivity index is 2.45. The first-order valence-electron chi connectivity index (χ1n) is 5.88. The second kappa shape index (κ2) is 5.15. The largest absolute Gasteiger partial charge is 0.481 e. The van der Waals surface area contributed by atoms with Gasteiger partial charge in [-0.25, -0.2) is 0 Å². The molecule has 1 heterocycles. The molecule has 16 heavy (non-hydrogen) atoms. The maximum absolute atomic E-state index is 10.9. The summed E-state index contributed by atoms with van der Waals surface area (Å²) < 4.78 is 5.40. The summed E-state index contributed by atoms with van der Waals surface area (Å²) >= 11 is 0. The predicted molar refractivity (Wildman–Crippen MR) is 62.5 cm³/mol. The molecule has 0 aromatic carbocycles. The van der Waals surface area contributed by atoms with Crippen molar-refractivity contribution in [2.45, 2.75) is 45.3 Å². The smallest absolute Gasteiger partial charge is 0.307 e. The average molecular weight is 229 g/mol. The maximum Gasteiger partial charge on any atom is 0.307 e. The fourth-order valence-corrected chi connectivity index (χ4v) is 2.31. The Morgan fingerprint density at radius 3 is 2.69 bits per heavy atom. The molecule has 0 spiro atoms. The first-order chi connectivity index (χ1) is 7.35. The standard InChI is InChI=1S/C12H23NO3/c1-9(7-12(2,3)16-4)13-6-5-10(8-13)11(14)15/h9-10H,5-8H2,1-4H3,(H,14,15). The van der Waals surface area contributed by atoms with E-state index in [-0.39, 0.29) is 11.5 Å². The van der Waals surface area contributed by atoms with Crippen LogP contribution in [0.2, 0.25) is 0 Å². The van der Waals surface area contributed by atoms with Gasteiger partial charge in [0.15, 0.2) is 0 Å². The van der Waals surface area contributed by atoms with Gasteiger partial charge in [0.2, 0.25) is 0 Å². The number of carbonyl (C=O) groups is 1. The fraction of sp³-hybridized carbons (Fsp3) is 0.917. The lowest BCUT2D eigenvalue weighted by molar-refractivity contribution is -0.141. The minimum atomic E-state index is -0.666. The molecule has 0 bridgehead atoms. The van der Waals surface area contributed by atoms with E-state index in [1.807, 2.05) is 0 Å². The van der Waals surface area contributed by atoms with Crippen LogP contribution in [0.1, 0.15) is 33.6 Å². The molecule has 1 rings (SSSR count). The SMILES string of the molecule is COC(C)(C)CC(C)N1CCC(C(=O)O)C1. The van der Waals surface area contributed by atoms with Crippen LogP contribution in [0.4, 0.5) is 0 Å². The molecular formula is C12H23NO3. The third kappa shape index (κ3) is 3.46. The Hall–Kier alpha value is -0.610. The zero-order valence-corrected chi connectivity index (χ0v) is 10.7. The van der Waals surface area contributed by atoms with Gasteiger partial charge in [0.05, 0.1) is 11.5 Å². The summed E-state index contributed by atoms with van der Waals surface area (Å²) in [4.78, 5) is 13.1. The van der Waals surface area contributed by atoms with Gasteiger partial charge in [0.25, 0.3) is 0 Å². The highest BCUT2D eigenvalue weighted by Crippen LogP contribution is 2.24. The van der Waals surface area contributed by atoms with Gasteiger partial charge in [0, 0.05) is 19.7 Å². The second-order valence-electron chi connectivity index (χ2n) is 5.34. The Morgan fingerprint density at radius 2 is 2.25 bits per heavy atom. The third-order valence-electron chi connectivity index (χ3n) is 3.53. The third-order valence-corrected chi connectivity index (χ3v) is 3.53. The molecule has 0 aliphatic carbocycles. The van der Waals surface area contributed by atoms with Gasteiger partial charge < -0.3 is 9.84 Å². The van der Waals surface area contributed by atoms with E-state index in [0.717, 1.165) is 19.4 Å². The van der Waals surface area contributed by atoms with Crippen LogP contribution >= 0.6 is 0 Å². The number of aliphatic carboxylic acids is 1. The van der Waals surface area contributed by atoms with E-state index in [2.05, 4.69) is 25.7 Å². The summed E-state index contributed by atoms with van der Waals surface area (Å²) in [5.74, 6) is -0.853. The Labute approximate surface area is 97.6 Å². The van der Waals surface area contributed by atoms with Crippen LogP contribution in [0, 0.1) is 5.92 Å². The molecule has 0 aromatic heterocycles. The lowest BCUT2D eigenvalue weighted by Crippen LogP contribution is -2.38. The minimum absolute atomic E-state index is 0.138. The van der Waals surface area contributed by atoms with E-state index in [4.69, 9.17) is 9.84 Å². The molecule has 0 saturated carbocycles. The molecule has 1 aliphatic rings. The topological polar surface area (TPSA) is 49.8 Å². The van der Waals surface area contributed by atoms with Crippen molar-refractivity contribution in [3.63, 3.8) is 0 Å². The van der Waals surface area contributed by atoms with Crippen molar-refractivity contribution in [1.82, 2.24) is 4.90 Å². The van der Waals surface area contributed by atoms with Crippen LogP contribution in [0.15, 0.2) is 0 Å². The van der Waals surface area contributed by atoms with Crippen molar-refractivity contribution < 1.29 is 14.6 Å². The van der Waals surface area contributed by atoms with Gasteiger partial charge in [-0.2, -0.15) is 0 Å². The monoisotopic (exact) mass is 229 g/mol. The molecular weight excluding hydrogens is 206 g/mol. The second-order valence-corrected chi connectivity index (χ2v) is 5.34. The quantitative estimate of drug-likeness (QED) is 0.778. The van der Waals surface area contributed by atoms with Crippen molar-refractivity contribution in [2.24, 2.45) is 5.92 Å². The molecule has 1 saturated heterocycles. The van der Waals surface area contributed by atoms with E-state index in [9.17, 15) is 4.79 Å². The molecule has 4 nitrogen and oxygen atoms in total. The number of carboxylic acid groups (broad SMARTS) is 1. The van der Waals surface area contributed by atoms with Gasteiger partial charge >= 0.3 is 5.97 Å². The van der Waals surface area contributed by atoms with Gasteiger partial charge in [-0.1, -0.05) is 0 Å². The van der Waals surface area contributed by atoms with Crippen molar-refractivity contribution in [1.29, 1.82) is 0 Å². The number of nitrogens with zero attached hydrogens (tertiary/aromatic N) is 1. The van der Waals surface area contributed by atoms with Crippen LogP contribution in [0.5, 0.6) is 0 Å². The van der Waals surface area contributed by atoms with Crippen LogP contribution < -0.4 is 0 Å². The summed E-state index contributed by atoms with van der Waals surface area (Å²) in [5.41, 5.74) is -0.138. The number of hydrogen-bond acceptors (Lipinski definition) is 3. The first-order valence-corrected chi connectivity index (χ1v) is 5.88. The minimum Gasteiger partial charge on any atom is -0.481 e. The predicted octanol–water partition coefficient (Wildman–Crippen LogP) is 1.60. The molecule has 4 heteroatoms. The number of hydrogen-bond donors (Lipinski definition) is 1. The summed E-state index contributed by atoms with van der Waals surface area (Å²) in [6, 6.07) is 0.374. The van der Waals surface area contributed by atoms with Crippen LogP contribution in [0.25, 0.3) is 0 Å². The van der Waals surface area contributed by atoms with Gasteiger partial charge in [-0.15, -0.1) is 0 Å². The Bertz CT molecular complexity index is 253. The number of rotatable bonds is 5. The highest BCUT2D eigenvalue weighted by molar-refractivity contribution is 5.70. The lowest BCUT2D eigenvalue weighted by atomic mass is 9.99. The highest BCUT2D eigenvalue weighted by atomic mass is 16.5. The van der Waals surface area contributed by atoms with E-state index in [1.165, 1.54) is 0 Å². The van der Waals surface area contributed by atoms with Crippen molar-refractivity contribution in [3.8, 4) is 0 Å². The highest BCUT2D eigenvalue weighted by Gasteiger charge is 2.32. The van der Waals surface area contributed by atoms with E-state index >= 15 is 0 Å². The molecule has 1 N–H and O–H groups in total. The van der Waals surface area contributed by atoms with Crippen molar-refractivity contribution in [3.05, 3.63) is 0 Å². The molecule has 0 radical (unpaired) electrons. The molecule has 0 aromatic rings. The number of methoxy groups -OCH3 is 1. The van der Waals surface area contributed by atoms with E-state index in [0.29, 0.717) is 12.6 Å². The number of ether oxygens (including phenoxy) is 1. The average Bonchev–Trinajstić information content (AvgIpc) is 2.66. The maximum atomic E-state index is 10.9. The zero-order chi connectivity index (χ0) is 12.3.